The van der Waals surface area contributed by atoms with E-state index in [4.69, 9.17) is 4.74 Å². The van der Waals surface area contributed by atoms with Gasteiger partial charge in [0.25, 0.3) is 0 Å². The smallest absolute Gasteiger partial charge is 0.143 e. The van der Waals surface area contributed by atoms with E-state index in [1.807, 2.05) is 6.26 Å². The highest BCUT2D eigenvalue weighted by molar-refractivity contribution is 7.98. The number of aromatic nitrogens is 4. The molecule has 0 bridgehead atoms. The number of fused-ring (bicyclic) bond motifs is 1. The third-order valence-corrected chi connectivity index (χ3v) is 4.41. The Morgan fingerprint density at radius 3 is 2.90 bits per heavy atom. The molecule has 1 aliphatic heterocycles. The molecule has 0 radical (unpaired) electrons. The molecule has 0 aromatic carbocycles. The van der Waals surface area contributed by atoms with Crippen LogP contribution < -0.4 is 5.32 Å². The van der Waals surface area contributed by atoms with Gasteiger partial charge in [-0.25, -0.2) is 9.97 Å². The van der Waals surface area contributed by atoms with E-state index >= 15 is 0 Å². The predicted octanol–water partition coefficient (Wildman–Crippen LogP) is -0.544. The SMILES string of the molecule is CN[C@H]1[C@H](O)[C@@H](CO)O[C@H]1c1[nH]nc2c(SC)ncnc12. The minimum atomic E-state index is -0.801. The third kappa shape index (κ3) is 2.30. The minimum absolute atomic E-state index is 0.243. The normalized spacial score (nSPS) is 29.3. The Morgan fingerprint density at radius 2 is 2.24 bits per heavy atom. The molecule has 3 heterocycles. The summed E-state index contributed by atoms with van der Waals surface area (Å²) in [5, 5.41) is 30.5. The maximum absolute atomic E-state index is 10.2. The molecule has 4 N–H and O–H groups in total. The van der Waals surface area contributed by atoms with Crippen molar-refractivity contribution in [3.8, 4) is 0 Å². The molecule has 0 saturated carbocycles. The molecule has 8 nitrogen and oxygen atoms in total. The molecule has 1 saturated heterocycles. The number of hydrogen-bond donors (Lipinski definition) is 4. The van der Waals surface area contributed by atoms with E-state index in [-0.39, 0.29) is 12.6 Å². The lowest BCUT2D eigenvalue weighted by Gasteiger charge is -2.18. The summed E-state index contributed by atoms with van der Waals surface area (Å²) in [5.74, 6) is 0. The molecule has 4 atom stereocenters. The summed E-state index contributed by atoms with van der Waals surface area (Å²) >= 11 is 1.49. The molecular weight excluding hydrogens is 294 g/mol. The summed E-state index contributed by atoms with van der Waals surface area (Å²) in [4.78, 5) is 8.44. The van der Waals surface area contributed by atoms with Crippen molar-refractivity contribution >= 4 is 22.8 Å². The third-order valence-electron chi connectivity index (χ3n) is 3.72. The second-order valence-corrected chi connectivity index (χ2v) is 5.60. The summed E-state index contributed by atoms with van der Waals surface area (Å²) in [7, 11) is 1.74. The number of aromatic amines is 1. The zero-order chi connectivity index (χ0) is 15.0. The van der Waals surface area contributed by atoms with Crippen LogP contribution in [-0.2, 0) is 4.74 Å². The maximum atomic E-state index is 10.2. The van der Waals surface area contributed by atoms with Crippen molar-refractivity contribution in [3.63, 3.8) is 0 Å². The van der Waals surface area contributed by atoms with Gasteiger partial charge in [-0.15, -0.1) is 11.8 Å². The number of thioether (sulfide) groups is 1. The van der Waals surface area contributed by atoms with Gasteiger partial charge in [-0.1, -0.05) is 0 Å². The first kappa shape index (κ1) is 14.7. The highest BCUT2D eigenvalue weighted by Crippen LogP contribution is 2.36. The van der Waals surface area contributed by atoms with E-state index in [9.17, 15) is 10.2 Å². The number of nitrogens with zero attached hydrogens (tertiary/aromatic N) is 3. The summed E-state index contributed by atoms with van der Waals surface area (Å²) in [6.45, 7) is -0.243. The quantitative estimate of drug-likeness (QED) is 0.439. The second kappa shape index (κ2) is 5.85. The molecule has 0 spiro atoms. The summed E-state index contributed by atoms with van der Waals surface area (Å²) in [6.07, 6.45) is 1.51. The number of H-pyrrole nitrogens is 1. The fraction of sp³-hybridized carbons (Fsp3) is 0.583. The average molecular weight is 311 g/mol. The molecule has 9 heteroatoms. The number of aliphatic hydroxyl groups is 2. The van der Waals surface area contributed by atoms with Gasteiger partial charge in [-0.05, 0) is 13.3 Å². The van der Waals surface area contributed by atoms with Crippen LogP contribution in [0.15, 0.2) is 11.4 Å². The molecule has 1 aliphatic rings. The van der Waals surface area contributed by atoms with Gasteiger partial charge in [0.2, 0.25) is 0 Å². The first-order chi connectivity index (χ1) is 10.2. The van der Waals surface area contributed by atoms with Gasteiger partial charge < -0.3 is 20.3 Å². The molecule has 2 aromatic rings. The number of likely N-dealkylation sites (N-methyl/N-ethyl adjacent to an activating group) is 1. The Kier molecular flexibility index (Phi) is 4.09. The lowest BCUT2D eigenvalue weighted by atomic mass is 10.0. The van der Waals surface area contributed by atoms with E-state index in [1.54, 1.807) is 7.05 Å². The number of nitrogens with one attached hydrogen (secondary N) is 2. The first-order valence-corrected chi connectivity index (χ1v) is 7.78. The summed E-state index contributed by atoms with van der Waals surface area (Å²) in [5.41, 5.74) is 2.03. The van der Waals surface area contributed by atoms with Crippen molar-refractivity contribution < 1.29 is 14.9 Å². The van der Waals surface area contributed by atoms with Crippen LogP contribution >= 0.6 is 11.8 Å². The second-order valence-electron chi connectivity index (χ2n) is 4.80. The number of hydrogen-bond acceptors (Lipinski definition) is 8. The van der Waals surface area contributed by atoms with Crippen LogP contribution in [0.25, 0.3) is 11.0 Å². The summed E-state index contributed by atoms with van der Waals surface area (Å²) in [6, 6.07) is -0.349. The molecule has 0 aliphatic carbocycles. The van der Waals surface area contributed by atoms with Crippen molar-refractivity contribution in [2.24, 2.45) is 0 Å². The topological polar surface area (TPSA) is 116 Å². The van der Waals surface area contributed by atoms with Crippen molar-refractivity contribution in [3.05, 3.63) is 12.0 Å². The molecule has 2 aromatic heterocycles. The van der Waals surface area contributed by atoms with Crippen LogP contribution in [0.1, 0.15) is 11.8 Å². The van der Waals surface area contributed by atoms with Gasteiger partial charge in [-0.2, -0.15) is 5.10 Å². The van der Waals surface area contributed by atoms with Gasteiger partial charge >= 0.3 is 0 Å². The Morgan fingerprint density at radius 1 is 1.43 bits per heavy atom. The molecule has 0 unspecified atom stereocenters. The van der Waals surface area contributed by atoms with Crippen LogP contribution in [0.4, 0.5) is 0 Å². The number of ether oxygens (including phenoxy) is 1. The molecular formula is C12H17N5O3S. The van der Waals surface area contributed by atoms with Crippen LogP contribution in [0.2, 0.25) is 0 Å². The molecule has 0 amide bonds. The van der Waals surface area contributed by atoms with Crippen molar-refractivity contribution in [1.29, 1.82) is 0 Å². The van der Waals surface area contributed by atoms with Crippen molar-refractivity contribution in [1.82, 2.24) is 25.5 Å². The minimum Gasteiger partial charge on any atom is -0.394 e. The Hall–Kier alpha value is -1.26. The molecule has 1 fully saturated rings. The van der Waals surface area contributed by atoms with Gasteiger partial charge in [0.05, 0.1) is 18.3 Å². The summed E-state index contributed by atoms with van der Waals surface area (Å²) < 4.78 is 5.75. The van der Waals surface area contributed by atoms with E-state index < -0.39 is 18.3 Å². The van der Waals surface area contributed by atoms with E-state index in [1.165, 1.54) is 18.1 Å². The van der Waals surface area contributed by atoms with Crippen LogP contribution in [0, 0.1) is 0 Å². The van der Waals surface area contributed by atoms with E-state index in [0.29, 0.717) is 16.7 Å². The Bertz CT molecular complexity index is 636. The van der Waals surface area contributed by atoms with Gasteiger partial charge in [0.15, 0.2) is 0 Å². The van der Waals surface area contributed by atoms with Crippen molar-refractivity contribution in [2.45, 2.75) is 29.4 Å². The zero-order valence-corrected chi connectivity index (χ0v) is 12.5. The van der Waals surface area contributed by atoms with Crippen LogP contribution in [0.5, 0.6) is 0 Å². The largest absolute Gasteiger partial charge is 0.394 e. The number of rotatable bonds is 4. The zero-order valence-electron chi connectivity index (χ0n) is 11.6. The van der Waals surface area contributed by atoms with E-state index in [2.05, 4.69) is 25.5 Å². The predicted molar refractivity (Wildman–Crippen MR) is 77.0 cm³/mol. The van der Waals surface area contributed by atoms with Gasteiger partial charge in [-0.3, -0.25) is 5.10 Å². The Labute approximate surface area is 125 Å². The average Bonchev–Trinajstić information content (AvgIpc) is 3.07. The van der Waals surface area contributed by atoms with Crippen LogP contribution in [0.3, 0.4) is 0 Å². The molecule has 3 rings (SSSR count). The standard InChI is InChI=1S/C12H17N5O3S/c1-13-9-10(19)5(3-18)20-11(9)7-6-8(17-16-7)12(21-2)15-4-14-6/h4-5,9-11,13,18-19H,3H2,1-2H3,(H,16,17)/t5-,9+,10-,11+/m1/s1. The Balaban J connectivity index is 2.04. The molecule has 114 valence electrons. The van der Waals surface area contributed by atoms with Gasteiger partial charge in [0.1, 0.15) is 40.7 Å². The van der Waals surface area contributed by atoms with Gasteiger partial charge in [0, 0.05) is 0 Å². The number of aliphatic hydroxyl groups excluding tert-OH is 2. The van der Waals surface area contributed by atoms with E-state index in [0.717, 1.165) is 5.03 Å². The fourth-order valence-electron chi connectivity index (χ4n) is 2.66. The fourth-order valence-corrected chi connectivity index (χ4v) is 3.15. The lowest BCUT2D eigenvalue weighted by molar-refractivity contribution is -0.0233. The lowest BCUT2D eigenvalue weighted by Crippen LogP contribution is -2.41. The molecule has 21 heavy (non-hydrogen) atoms. The van der Waals surface area contributed by atoms with Crippen LogP contribution in [-0.4, -0.2) is 68.5 Å². The monoisotopic (exact) mass is 311 g/mol. The maximum Gasteiger partial charge on any atom is 0.143 e. The highest BCUT2D eigenvalue weighted by atomic mass is 32.2. The first-order valence-electron chi connectivity index (χ1n) is 6.55. The highest BCUT2D eigenvalue weighted by Gasteiger charge is 2.44. The van der Waals surface area contributed by atoms with Crippen molar-refractivity contribution in [2.75, 3.05) is 19.9 Å².